The first-order valence-corrected chi connectivity index (χ1v) is 3.70. The molecule has 0 amide bonds. The van der Waals surface area contributed by atoms with Crippen molar-refractivity contribution in [1.82, 2.24) is 0 Å². The van der Waals surface area contributed by atoms with Crippen molar-refractivity contribution in [3.63, 3.8) is 0 Å². The second kappa shape index (κ2) is 3.68. The van der Waals surface area contributed by atoms with E-state index in [1.807, 2.05) is 31.2 Å². The quantitative estimate of drug-likeness (QED) is 0.617. The highest BCUT2D eigenvalue weighted by Gasteiger charge is 2.09. The van der Waals surface area contributed by atoms with Gasteiger partial charge < -0.3 is 4.79 Å². The second-order valence-corrected chi connectivity index (χ2v) is 2.60. The molecule has 0 aliphatic heterocycles. The van der Waals surface area contributed by atoms with Crippen LogP contribution in [0, 0.1) is 18.3 Å². The fourth-order valence-corrected chi connectivity index (χ4v) is 1.11. The summed E-state index contributed by atoms with van der Waals surface area (Å²) in [7, 11) is 0. The van der Waals surface area contributed by atoms with Gasteiger partial charge in [-0.1, -0.05) is 24.3 Å². The van der Waals surface area contributed by atoms with Gasteiger partial charge in [-0.05, 0) is 18.1 Å². The maximum Gasteiger partial charge on any atom is 0.141 e. The van der Waals surface area contributed by atoms with Gasteiger partial charge in [-0.2, -0.15) is 5.26 Å². The normalized spacial score (nSPS) is 11.7. The van der Waals surface area contributed by atoms with Gasteiger partial charge in [0, 0.05) is 0 Å². The number of carbonyl (C=O) groups is 1. The second-order valence-electron chi connectivity index (χ2n) is 2.60. The van der Waals surface area contributed by atoms with Crippen molar-refractivity contribution in [2.24, 2.45) is 0 Å². The topological polar surface area (TPSA) is 40.9 Å². The molecule has 1 rings (SSSR count). The minimum Gasteiger partial charge on any atom is -0.302 e. The van der Waals surface area contributed by atoms with Gasteiger partial charge >= 0.3 is 0 Å². The molecule has 1 atom stereocenters. The van der Waals surface area contributed by atoms with E-state index in [1.54, 1.807) is 6.07 Å². The number of hydrogen-bond donors (Lipinski definition) is 0. The van der Waals surface area contributed by atoms with Crippen LogP contribution in [0.2, 0.25) is 0 Å². The van der Waals surface area contributed by atoms with E-state index in [9.17, 15) is 4.79 Å². The van der Waals surface area contributed by atoms with E-state index in [1.165, 1.54) is 0 Å². The zero-order chi connectivity index (χ0) is 8.97. The Balaban J connectivity index is 3.10. The number of benzene rings is 1. The van der Waals surface area contributed by atoms with Crippen LogP contribution in [-0.4, -0.2) is 6.29 Å². The average Bonchev–Trinajstić information content (AvgIpc) is 2.10. The van der Waals surface area contributed by atoms with E-state index in [0.717, 1.165) is 11.1 Å². The lowest BCUT2D eigenvalue weighted by Crippen LogP contribution is -1.98. The van der Waals surface area contributed by atoms with Crippen LogP contribution in [0.15, 0.2) is 24.3 Å². The summed E-state index contributed by atoms with van der Waals surface area (Å²) < 4.78 is 0. The highest BCUT2D eigenvalue weighted by atomic mass is 16.1. The summed E-state index contributed by atoms with van der Waals surface area (Å²) in [6.07, 6.45) is 0.669. The SMILES string of the molecule is Cc1ccccc1C(C#N)C=O. The van der Waals surface area contributed by atoms with Crippen molar-refractivity contribution >= 4 is 6.29 Å². The Labute approximate surface area is 71.4 Å². The predicted molar refractivity (Wildman–Crippen MR) is 45.6 cm³/mol. The van der Waals surface area contributed by atoms with Crippen molar-refractivity contribution in [2.45, 2.75) is 12.8 Å². The van der Waals surface area contributed by atoms with Gasteiger partial charge in [-0.25, -0.2) is 0 Å². The highest BCUT2D eigenvalue weighted by Crippen LogP contribution is 2.16. The molecule has 0 N–H and O–H groups in total. The first-order valence-electron chi connectivity index (χ1n) is 3.70. The summed E-state index contributed by atoms with van der Waals surface area (Å²) in [4.78, 5) is 10.5. The monoisotopic (exact) mass is 159 g/mol. The van der Waals surface area contributed by atoms with Crippen molar-refractivity contribution in [3.05, 3.63) is 35.4 Å². The molecule has 12 heavy (non-hydrogen) atoms. The lowest BCUT2D eigenvalue weighted by molar-refractivity contribution is -0.108. The predicted octanol–water partition coefficient (Wildman–Crippen LogP) is 1.80. The molecule has 2 nitrogen and oxygen atoms in total. The van der Waals surface area contributed by atoms with Gasteiger partial charge in [0.05, 0.1) is 6.07 Å². The van der Waals surface area contributed by atoms with E-state index < -0.39 is 5.92 Å². The lowest BCUT2D eigenvalue weighted by atomic mass is 9.98. The third-order valence-electron chi connectivity index (χ3n) is 1.80. The number of nitrogens with zero attached hydrogens (tertiary/aromatic N) is 1. The van der Waals surface area contributed by atoms with Crippen molar-refractivity contribution in [3.8, 4) is 6.07 Å². The maximum atomic E-state index is 10.5. The number of aryl methyl sites for hydroxylation is 1. The molecule has 0 saturated heterocycles. The van der Waals surface area contributed by atoms with Crippen LogP contribution in [0.3, 0.4) is 0 Å². The lowest BCUT2D eigenvalue weighted by Gasteiger charge is -2.04. The maximum absolute atomic E-state index is 10.5. The first-order chi connectivity index (χ1) is 5.79. The van der Waals surface area contributed by atoms with Gasteiger partial charge in [-0.15, -0.1) is 0 Å². The fraction of sp³-hybridized carbons (Fsp3) is 0.200. The van der Waals surface area contributed by atoms with Crippen LogP contribution in [0.4, 0.5) is 0 Å². The molecule has 0 aliphatic carbocycles. The van der Waals surface area contributed by atoms with Crippen LogP contribution >= 0.6 is 0 Å². The smallest absolute Gasteiger partial charge is 0.141 e. The Morgan fingerprint density at radius 2 is 2.17 bits per heavy atom. The molecule has 2 heteroatoms. The molecule has 0 saturated carbocycles. The van der Waals surface area contributed by atoms with Crippen LogP contribution in [0.5, 0.6) is 0 Å². The molecule has 0 heterocycles. The summed E-state index contributed by atoms with van der Waals surface area (Å²) in [6.45, 7) is 1.89. The van der Waals surface area contributed by atoms with Gasteiger partial charge in [-0.3, -0.25) is 0 Å². The third kappa shape index (κ3) is 1.51. The van der Waals surface area contributed by atoms with Crippen molar-refractivity contribution in [2.75, 3.05) is 0 Å². The van der Waals surface area contributed by atoms with Gasteiger partial charge in [0.1, 0.15) is 12.2 Å². The molecule has 1 aromatic rings. The molecule has 0 radical (unpaired) electrons. The zero-order valence-electron chi connectivity index (χ0n) is 6.82. The van der Waals surface area contributed by atoms with E-state index in [4.69, 9.17) is 5.26 Å². The van der Waals surface area contributed by atoms with E-state index in [-0.39, 0.29) is 0 Å². The van der Waals surface area contributed by atoms with Crippen LogP contribution in [0.25, 0.3) is 0 Å². The number of nitriles is 1. The van der Waals surface area contributed by atoms with Crippen molar-refractivity contribution < 1.29 is 4.79 Å². The van der Waals surface area contributed by atoms with E-state index in [2.05, 4.69) is 0 Å². The molecule has 0 spiro atoms. The van der Waals surface area contributed by atoms with Crippen molar-refractivity contribution in [1.29, 1.82) is 5.26 Å². The van der Waals surface area contributed by atoms with E-state index in [0.29, 0.717) is 6.29 Å². The number of carbonyl (C=O) groups excluding carboxylic acids is 1. The third-order valence-corrected chi connectivity index (χ3v) is 1.80. The van der Waals surface area contributed by atoms with Crippen LogP contribution in [-0.2, 0) is 4.79 Å². The number of hydrogen-bond acceptors (Lipinski definition) is 2. The van der Waals surface area contributed by atoms with Crippen LogP contribution < -0.4 is 0 Å². The molecule has 1 aromatic carbocycles. The molecule has 0 aliphatic rings. The summed E-state index contributed by atoms with van der Waals surface area (Å²) in [5, 5.41) is 8.62. The summed E-state index contributed by atoms with van der Waals surface area (Å²) in [5.41, 5.74) is 1.78. The van der Waals surface area contributed by atoms with Gasteiger partial charge in [0.2, 0.25) is 0 Å². The molecule has 0 bridgehead atoms. The Kier molecular flexibility index (Phi) is 2.60. The Morgan fingerprint density at radius 3 is 2.67 bits per heavy atom. The summed E-state index contributed by atoms with van der Waals surface area (Å²) >= 11 is 0. The largest absolute Gasteiger partial charge is 0.302 e. The zero-order valence-corrected chi connectivity index (χ0v) is 6.82. The van der Waals surface area contributed by atoms with Crippen LogP contribution in [0.1, 0.15) is 17.0 Å². The Bertz CT molecular complexity index is 325. The molecule has 0 fully saturated rings. The highest BCUT2D eigenvalue weighted by molar-refractivity contribution is 5.67. The summed E-state index contributed by atoms with van der Waals surface area (Å²) in [5.74, 6) is -0.619. The Morgan fingerprint density at radius 1 is 1.50 bits per heavy atom. The van der Waals surface area contributed by atoms with Gasteiger partial charge in [0.25, 0.3) is 0 Å². The Hall–Kier alpha value is -1.62. The molecule has 0 aromatic heterocycles. The van der Waals surface area contributed by atoms with E-state index >= 15 is 0 Å². The fourth-order valence-electron chi connectivity index (χ4n) is 1.11. The molecular formula is C10H9NO. The molecule has 1 unspecified atom stereocenters. The average molecular weight is 159 g/mol. The number of rotatable bonds is 2. The first kappa shape index (κ1) is 8.48. The minimum atomic E-state index is -0.619. The standard InChI is InChI=1S/C10H9NO/c1-8-4-2-3-5-10(8)9(6-11)7-12/h2-5,7,9H,1H3. The number of aldehydes is 1. The van der Waals surface area contributed by atoms with Gasteiger partial charge in [0.15, 0.2) is 0 Å². The molecular weight excluding hydrogens is 150 g/mol. The molecule has 60 valence electrons. The minimum absolute atomic E-state index is 0.619. The summed E-state index contributed by atoms with van der Waals surface area (Å²) in [6, 6.07) is 9.35.